The van der Waals surface area contributed by atoms with Gasteiger partial charge in [-0.25, -0.2) is 4.79 Å². The summed E-state index contributed by atoms with van der Waals surface area (Å²) >= 11 is 1.65. The molecule has 0 aliphatic rings. The third kappa shape index (κ3) is 2.51. The second-order valence-electron chi connectivity index (χ2n) is 2.92. The Morgan fingerprint density at radius 3 is 2.79 bits per heavy atom. The molecule has 0 atom stereocenters. The highest BCUT2D eigenvalue weighted by molar-refractivity contribution is 7.99. The molecule has 2 nitrogen and oxygen atoms in total. The molecule has 1 rings (SSSR count). The van der Waals surface area contributed by atoms with Crippen LogP contribution in [0.4, 0.5) is 0 Å². The van der Waals surface area contributed by atoms with E-state index in [1.807, 2.05) is 25.1 Å². The molecule has 0 amide bonds. The number of carbonyl (C=O) groups is 1. The van der Waals surface area contributed by atoms with Crippen molar-refractivity contribution >= 4 is 17.7 Å². The predicted octanol–water partition coefficient (Wildman–Crippen LogP) is 2.89. The molecule has 0 saturated heterocycles. The second-order valence-corrected chi connectivity index (χ2v) is 4.23. The molecule has 0 bridgehead atoms. The fourth-order valence-corrected chi connectivity index (χ4v) is 1.97. The fourth-order valence-electron chi connectivity index (χ4n) is 1.19. The van der Waals surface area contributed by atoms with Gasteiger partial charge >= 0.3 is 5.97 Å². The van der Waals surface area contributed by atoms with E-state index in [9.17, 15) is 4.79 Å². The first-order chi connectivity index (χ1) is 6.69. The molecule has 0 radical (unpaired) electrons. The summed E-state index contributed by atoms with van der Waals surface area (Å²) in [4.78, 5) is 12.4. The summed E-state index contributed by atoms with van der Waals surface area (Å²) in [7, 11) is 1.41. The van der Waals surface area contributed by atoms with Gasteiger partial charge in [0.05, 0.1) is 12.7 Å². The van der Waals surface area contributed by atoms with Crippen LogP contribution in [0.2, 0.25) is 0 Å². The number of hydrogen-bond acceptors (Lipinski definition) is 3. The number of aryl methyl sites for hydroxylation is 1. The standard InChI is InChI=1S/C11H14O2S/c1-4-14-10-6-5-8(2)7-9(10)11(12)13-3/h5-7H,4H2,1-3H3. The van der Waals surface area contributed by atoms with Crippen LogP contribution in [0.1, 0.15) is 22.8 Å². The van der Waals surface area contributed by atoms with E-state index in [0.717, 1.165) is 16.2 Å². The lowest BCUT2D eigenvalue weighted by atomic mass is 10.1. The number of hydrogen-bond donors (Lipinski definition) is 0. The van der Waals surface area contributed by atoms with E-state index in [4.69, 9.17) is 4.74 Å². The Kier molecular flexibility index (Phi) is 4.01. The summed E-state index contributed by atoms with van der Waals surface area (Å²) in [6.07, 6.45) is 0. The molecule has 14 heavy (non-hydrogen) atoms. The lowest BCUT2D eigenvalue weighted by Crippen LogP contribution is -2.03. The van der Waals surface area contributed by atoms with Crippen molar-refractivity contribution in [2.24, 2.45) is 0 Å². The van der Waals surface area contributed by atoms with Crippen molar-refractivity contribution in [3.8, 4) is 0 Å². The average molecular weight is 210 g/mol. The lowest BCUT2D eigenvalue weighted by Gasteiger charge is -2.07. The van der Waals surface area contributed by atoms with Gasteiger partial charge in [-0.15, -0.1) is 11.8 Å². The SMILES string of the molecule is CCSc1ccc(C)cc1C(=O)OC. The van der Waals surface area contributed by atoms with E-state index >= 15 is 0 Å². The maximum absolute atomic E-state index is 11.4. The third-order valence-corrected chi connectivity index (χ3v) is 2.80. The first-order valence-corrected chi connectivity index (χ1v) is 5.49. The summed E-state index contributed by atoms with van der Waals surface area (Å²) in [6, 6.07) is 5.84. The van der Waals surface area contributed by atoms with Crippen molar-refractivity contribution in [1.29, 1.82) is 0 Å². The van der Waals surface area contributed by atoms with Crippen molar-refractivity contribution in [3.63, 3.8) is 0 Å². The molecule has 3 heteroatoms. The zero-order valence-electron chi connectivity index (χ0n) is 8.66. The molecule has 0 N–H and O–H groups in total. The van der Waals surface area contributed by atoms with Gasteiger partial charge in [0.25, 0.3) is 0 Å². The van der Waals surface area contributed by atoms with Crippen LogP contribution < -0.4 is 0 Å². The summed E-state index contributed by atoms with van der Waals surface area (Å²) in [5.74, 6) is 0.692. The van der Waals surface area contributed by atoms with E-state index in [-0.39, 0.29) is 5.97 Å². The van der Waals surface area contributed by atoms with Gasteiger partial charge in [-0.3, -0.25) is 0 Å². The van der Waals surface area contributed by atoms with Gasteiger partial charge in [0.15, 0.2) is 0 Å². The first kappa shape index (κ1) is 11.1. The second kappa shape index (κ2) is 5.05. The summed E-state index contributed by atoms with van der Waals surface area (Å²) in [5.41, 5.74) is 1.74. The van der Waals surface area contributed by atoms with Gasteiger partial charge in [-0.05, 0) is 24.8 Å². The Bertz CT molecular complexity index is 334. The molecular weight excluding hydrogens is 196 g/mol. The van der Waals surface area contributed by atoms with E-state index in [1.165, 1.54) is 7.11 Å². The van der Waals surface area contributed by atoms with Crippen LogP contribution in [0.25, 0.3) is 0 Å². The van der Waals surface area contributed by atoms with E-state index in [0.29, 0.717) is 5.56 Å². The molecule has 1 aromatic carbocycles. The molecule has 0 heterocycles. The van der Waals surface area contributed by atoms with Gasteiger partial charge in [0.2, 0.25) is 0 Å². The summed E-state index contributed by atoms with van der Waals surface area (Å²) < 4.78 is 4.73. The Morgan fingerprint density at radius 1 is 1.50 bits per heavy atom. The van der Waals surface area contributed by atoms with Gasteiger partial charge < -0.3 is 4.74 Å². The minimum Gasteiger partial charge on any atom is -0.465 e. The number of methoxy groups -OCH3 is 1. The molecular formula is C11H14O2S. The van der Waals surface area contributed by atoms with Crippen molar-refractivity contribution in [3.05, 3.63) is 29.3 Å². The zero-order valence-corrected chi connectivity index (χ0v) is 9.48. The minimum absolute atomic E-state index is 0.260. The predicted molar refractivity (Wildman–Crippen MR) is 58.9 cm³/mol. The quantitative estimate of drug-likeness (QED) is 0.567. The van der Waals surface area contributed by atoms with Crippen LogP contribution in [0.3, 0.4) is 0 Å². The lowest BCUT2D eigenvalue weighted by molar-refractivity contribution is 0.0596. The van der Waals surface area contributed by atoms with Crippen molar-refractivity contribution in [2.75, 3.05) is 12.9 Å². The number of carbonyl (C=O) groups excluding carboxylic acids is 1. The number of ether oxygens (including phenoxy) is 1. The minimum atomic E-state index is -0.260. The zero-order chi connectivity index (χ0) is 10.6. The van der Waals surface area contributed by atoms with Crippen LogP contribution in [-0.2, 0) is 4.74 Å². The first-order valence-electron chi connectivity index (χ1n) is 4.50. The molecule has 1 aromatic rings. The van der Waals surface area contributed by atoms with E-state index < -0.39 is 0 Å². The Labute approximate surface area is 88.7 Å². The molecule has 0 spiro atoms. The van der Waals surface area contributed by atoms with Crippen molar-refractivity contribution < 1.29 is 9.53 Å². The number of benzene rings is 1. The van der Waals surface area contributed by atoms with E-state index in [2.05, 4.69) is 6.92 Å². The topological polar surface area (TPSA) is 26.3 Å². The Balaban J connectivity index is 3.08. The number of thioether (sulfide) groups is 1. The molecule has 0 aliphatic carbocycles. The van der Waals surface area contributed by atoms with Gasteiger partial charge in [0.1, 0.15) is 0 Å². The highest BCUT2D eigenvalue weighted by Crippen LogP contribution is 2.24. The van der Waals surface area contributed by atoms with Crippen LogP contribution in [0, 0.1) is 6.92 Å². The smallest absolute Gasteiger partial charge is 0.339 e. The molecule has 0 aliphatic heterocycles. The number of esters is 1. The average Bonchev–Trinajstić information content (AvgIpc) is 2.20. The van der Waals surface area contributed by atoms with Crippen LogP contribution >= 0.6 is 11.8 Å². The van der Waals surface area contributed by atoms with Crippen LogP contribution in [0.15, 0.2) is 23.1 Å². The van der Waals surface area contributed by atoms with Crippen molar-refractivity contribution in [1.82, 2.24) is 0 Å². The van der Waals surface area contributed by atoms with E-state index in [1.54, 1.807) is 11.8 Å². The van der Waals surface area contributed by atoms with Crippen LogP contribution in [-0.4, -0.2) is 18.8 Å². The Morgan fingerprint density at radius 2 is 2.21 bits per heavy atom. The third-order valence-electron chi connectivity index (χ3n) is 1.84. The van der Waals surface area contributed by atoms with Gasteiger partial charge in [0, 0.05) is 4.90 Å². The monoisotopic (exact) mass is 210 g/mol. The largest absolute Gasteiger partial charge is 0.465 e. The number of rotatable bonds is 3. The molecule has 76 valence electrons. The van der Waals surface area contributed by atoms with Crippen molar-refractivity contribution in [2.45, 2.75) is 18.7 Å². The highest BCUT2D eigenvalue weighted by atomic mass is 32.2. The van der Waals surface area contributed by atoms with Gasteiger partial charge in [-0.2, -0.15) is 0 Å². The molecule has 0 aromatic heterocycles. The molecule has 0 saturated carbocycles. The maximum Gasteiger partial charge on any atom is 0.339 e. The fraction of sp³-hybridized carbons (Fsp3) is 0.364. The highest BCUT2D eigenvalue weighted by Gasteiger charge is 2.11. The molecule has 0 fully saturated rings. The summed E-state index contributed by atoms with van der Waals surface area (Å²) in [6.45, 7) is 4.03. The Hall–Kier alpha value is -0.960. The van der Waals surface area contributed by atoms with Gasteiger partial charge in [-0.1, -0.05) is 18.6 Å². The summed E-state index contributed by atoms with van der Waals surface area (Å²) in [5, 5.41) is 0. The van der Waals surface area contributed by atoms with Crippen LogP contribution in [0.5, 0.6) is 0 Å². The normalized spacial score (nSPS) is 9.93. The maximum atomic E-state index is 11.4. The molecule has 0 unspecified atom stereocenters.